The molecule has 2 aromatic rings. The molecule has 1 amide bonds. The zero-order valence-electron chi connectivity index (χ0n) is 9.38. The zero-order valence-corrected chi connectivity index (χ0v) is 9.38. The van der Waals surface area contributed by atoms with Gasteiger partial charge < -0.3 is 0 Å². The lowest BCUT2D eigenvalue weighted by molar-refractivity contribution is 0.0954. The number of rotatable bonds is 3. The van der Waals surface area contributed by atoms with Crippen molar-refractivity contribution in [3.63, 3.8) is 0 Å². The Balaban J connectivity index is 1.99. The van der Waals surface area contributed by atoms with E-state index in [1.165, 1.54) is 24.4 Å². The molecule has 18 heavy (non-hydrogen) atoms. The van der Waals surface area contributed by atoms with Crippen molar-refractivity contribution in [3.05, 3.63) is 65.7 Å². The van der Waals surface area contributed by atoms with Gasteiger partial charge in [-0.15, -0.1) is 0 Å². The normalized spacial score (nSPS) is 10.5. The molecule has 0 aliphatic carbocycles. The van der Waals surface area contributed by atoms with Crippen LogP contribution in [-0.2, 0) is 0 Å². The van der Waals surface area contributed by atoms with Crippen LogP contribution in [0.15, 0.2) is 53.9 Å². The van der Waals surface area contributed by atoms with Gasteiger partial charge in [-0.25, -0.2) is 9.82 Å². The first-order valence-corrected chi connectivity index (χ1v) is 5.25. The lowest BCUT2D eigenvalue weighted by Crippen LogP contribution is -2.17. The fourth-order valence-corrected chi connectivity index (χ4v) is 1.31. The zero-order chi connectivity index (χ0) is 12.8. The topological polar surface area (TPSA) is 54.4 Å². The fraction of sp³-hybridized carbons (Fsp3) is 0. The third kappa shape index (κ3) is 3.21. The molecule has 90 valence electrons. The molecule has 1 heterocycles. The number of benzene rings is 1. The van der Waals surface area contributed by atoms with E-state index in [4.69, 9.17) is 0 Å². The highest BCUT2D eigenvalue weighted by molar-refractivity contribution is 5.94. The van der Waals surface area contributed by atoms with E-state index in [2.05, 4.69) is 15.5 Å². The molecule has 0 spiro atoms. The number of pyridine rings is 1. The summed E-state index contributed by atoms with van der Waals surface area (Å²) in [6.07, 6.45) is 4.73. The smallest absolute Gasteiger partial charge is 0.267 e. The molecule has 0 aliphatic heterocycles. The first-order chi connectivity index (χ1) is 8.75. The number of nitrogens with zero attached hydrogens (tertiary/aromatic N) is 2. The van der Waals surface area contributed by atoms with Gasteiger partial charge in [-0.2, -0.15) is 5.10 Å². The second-order valence-corrected chi connectivity index (χ2v) is 3.49. The third-order valence-electron chi connectivity index (χ3n) is 2.17. The molecule has 0 radical (unpaired) electrons. The highest BCUT2D eigenvalue weighted by atomic mass is 19.1. The minimum Gasteiger partial charge on any atom is -0.267 e. The summed E-state index contributed by atoms with van der Waals surface area (Å²) in [7, 11) is 0. The van der Waals surface area contributed by atoms with Crippen LogP contribution in [0.4, 0.5) is 4.39 Å². The number of hydrazone groups is 1. The number of hydrogen-bond acceptors (Lipinski definition) is 3. The fourth-order valence-electron chi connectivity index (χ4n) is 1.31. The summed E-state index contributed by atoms with van der Waals surface area (Å²) in [5.41, 5.74) is 3.35. The van der Waals surface area contributed by atoms with Crippen LogP contribution in [0.2, 0.25) is 0 Å². The van der Waals surface area contributed by atoms with E-state index in [-0.39, 0.29) is 5.56 Å². The Hall–Kier alpha value is -2.56. The molecule has 1 N–H and O–H groups in total. The molecule has 0 saturated heterocycles. The Morgan fingerprint density at radius 1 is 1.28 bits per heavy atom. The molecule has 0 aliphatic rings. The van der Waals surface area contributed by atoms with Crippen molar-refractivity contribution in [2.75, 3.05) is 0 Å². The van der Waals surface area contributed by atoms with E-state index in [0.717, 1.165) is 11.6 Å². The maximum atomic E-state index is 12.9. The number of aromatic nitrogens is 1. The Labute approximate surface area is 103 Å². The molecule has 0 saturated carbocycles. The van der Waals surface area contributed by atoms with Gasteiger partial charge in [0.2, 0.25) is 0 Å². The van der Waals surface area contributed by atoms with Crippen LogP contribution in [0, 0.1) is 5.82 Å². The SMILES string of the molecule is O=C(N/N=C/c1ccncc1)c1cccc(F)c1. The number of amides is 1. The third-order valence-corrected chi connectivity index (χ3v) is 2.17. The van der Waals surface area contributed by atoms with Gasteiger partial charge in [0.1, 0.15) is 5.82 Å². The van der Waals surface area contributed by atoms with Crippen LogP contribution in [0.25, 0.3) is 0 Å². The van der Waals surface area contributed by atoms with Crippen molar-refractivity contribution in [1.82, 2.24) is 10.4 Å². The monoisotopic (exact) mass is 243 g/mol. The van der Waals surface area contributed by atoms with E-state index in [1.807, 2.05) is 0 Å². The van der Waals surface area contributed by atoms with Crippen LogP contribution in [0.5, 0.6) is 0 Å². The molecule has 0 fully saturated rings. The van der Waals surface area contributed by atoms with Crippen molar-refractivity contribution in [3.8, 4) is 0 Å². The molecule has 1 aromatic heterocycles. The second-order valence-electron chi connectivity index (χ2n) is 3.49. The highest BCUT2D eigenvalue weighted by Crippen LogP contribution is 2.02. The summed E-state index contributed by atoms with van der Waals surface area (Å²) < 4.78 is 12.9. The second kappa shape index (κ2) is 5.67. The summed E-state index contributed by atoms with van der Waals surface area (Å²) in [4.78, 5) is 15.4. The lowest BCUT2D eigenvalue weighted by atomic mass is 10.2. The van der Waals surface area contributed by atoms with Crippen molar-refractivity contribution < 1.29 is 9.18 Å². The summed E-state index contributed by atoms with van der Waals surface area (Å²) in [5.74, 6) is -0.916. The number of halogens is 1. The van der Waals surface area contributed by atoms with Gasteiger partial charge >= 0.3 is 0 Å². The maximum absolute atomic E-state index is 12.9. The van der Waals surface area contributed by atoms with Gasteiger partial charge in [-0.1, -0.05) is 6.07 Å². The quantitative estimate of drug-likeness (QED) is 0.662. The molecular formula is C13H10FN3O. The summed E-state index contributed by atoms with van der Waals surface area (Å²) in [6, 6.07) is 8.90. The summed E-state index contributed by atoms with van der Waals surface area (Å²) in [5, 5.41) is 3.77. The largest absolute Gasteiger partial charge is 0.271 e. The maximum Gasteiger partial charge on any atom is 0.271 e. The summed E-state index contributed by atoms with van der Waals surface area (Å²) in [6.45, 7) is 0. The first kappa shape index (κ1) is 11.9. The van der Waals surface area contributed by atoms with Crippen LogP contribution in [0.3, 0.4) is 0 Å². The minimum atomic E-state index is -0.459. The number of carbonyl (C=O) groups is 1. The van der Waals surface area contributed by atoms with Gasteiger partial charge in [-0.3, -0.25) is 9.78 Å². The van der Waals surface area contributed by atoms with Crippen LogP contribution < -0.4 is 5.43 Å². The number of carbonyl (C=O) groups excluding carboxylic acids is 1. The molecule has 0 atom stereocenters. The predicted octanol–water partition coefficient (Wildman–Crippen LogP) is 1.98. The van der Waals surface area contributed by atoms with Crippen LogP contribution in [-0.4, -0.2) is 17.1 Å². The van der Waals surface area contributed by atoms with Gasteiger partial charge in [0.25, 0.3) is 5.91 Å². The number of nitrogens with one attached hydrogen (secondary N) is 1. The molecule has 1 aromatic carbocycles. The van der Waals surface area contributed by atoms with Crippen LogP contribution >= 0.6 is 0 Å². The molecule has 0 bridgehead atoms. The van der Waals surface area contributed by atoms with Crippen molar-refractivity contribution in [2.45, 2.75) is 0 Å². The Morgan fingerprint density at radius 2 is 2.06 bits per heavy atom. The van der Waals surface area contributed by atoms with E-state index >= 15 is 0 Å². The van der Waals surface area contributed by atoms with E-state index in [9.17, 15) is 9.18 Å². The van der Waals surface area contributed by atoms with Gasteiger partial charge in [0.15, 0.2) is 0 Å². The average molecular weight is 243 g/mol. The lowest BCUT2D eigenvalue weighted by Gasteiger charge is -1.99. The highest BCUT2D eigenvalue weighted by Gasteiger charge is 2.04. The molecule has 4 nitrogen and oxygen atoms in total. The minimum absolute atomic E-state index is 0.224. The molecule has 2 rings (SSSR count). The van der Waals surface area contributed by atoms with Gasteiger partial charge in [0.05, 0.1) is 6.21 Å². The number of hydrogen-bond donors (Lipinski definition) is 1. The molecular weight excluding hydrogens is 233 g/mol. The van der Waals surface area contributed by atoms with Crippen molar-refractivity contribution in [2.24, 2.45) is 5.10 Å². The Morgan fingerprint density at radius 3 is 2.78 bits per heavy atom. The van der Waals surface area contributed by atoms with E-state index in [1.54, 1.807) is 24.5 Å². The predicted molar refractivity (Wildman–Crippen MR) is 65.7 cm³/mol. The standard InChI is InChI=1S/C13H10FN3O/c14-12-3-1-2-11(8-12)13(18)17-16-9-10-4-6-15-7-5-10/h1-9H,(H,17,18)/b16-9+. The molecule has 5 heteroatoms. The molecule has 0 unspecified atom stereocenters. The Kier molecular flexibility index (Phi) is 3.76. The van der Waals surface area contributed by atoms with E-state index in [0.29, 0.717) is 0 Å². The first-order valence-electron chi connectivity index (χ1n) is 5.25. The van der Waals surface area contributed by atoms with Crippen LogP contribution in [0.1, 0.15) is 15.9 Å². The van der Waals surface area contributed by atoms with Gasteiger partial charge in [0, 0.05) is 18.0 Å². The summed E-state index contributed by atoms with van der Waals surface area (Å²) >= 11 is 0. The Bertz CT molecular complexity index is 569. The van der Waals surface area contributed by atoms with Crippen molar-refractivity contribution >= 4 is 12.1 Å². The van der Waals surface area contributed by atoms with Crippen molar-refractivity contribution in [1.29, 1.82) is 0 Å². The average Bonchev–Trinajstić information content (AvgIpc) is 2.40. The van der Waals surface area contributed by atoms with Gasteiger partial charge in [-0.05, 0) is 35.9 Å². The van der Waals surface area contributed by atoms with E-state index < -0.39 is 11.7 Å².